The Morgan fingerprint density at radius 2 is 1.07 bits per heavy atom. The van der Waals surface area contributed by atoms with Crippen molar-refractivity contribution in [2.75, 3.05) is 6.66 Å². The lowest BCUT2D eigenvalue weighted by molar-refractivity contribution is 0.591. The predicted molar refractivity (Wildman–Crippen MR) is 233 cm³/mol. The third-order valence-corrected chi connectivity index (χ3v) is 13.9. The molecule has 0 N–H and O–H groups in total. The fourth-order valence-corrected chi connectivity index (χ4v) is 10.9. The number of nitrogens with zero attached hydrogens (tertiary/aromatic N) is 3. The minimum Gasteiger partial charge on any atom is -0.314 e. The first-order chi connectivity index (χ1) is 27.5. The topological polar surface area (TPSA) is 47.3 Å². The smallest absolute Gasteiger partial charge is 0.182 e. The van der Waals surface area contributed by atoms with Crippen LogP contribution < -0.4 is 10.6 Å². The van der Waals surface area contributed by atoms with E-state index in [1.807, 2.05) is 41.5 Å². The molecule has 4 nitrogen and oxygen atoms in total. The van der Waals surface area contributed by atoms with Gasteiger partial charge in [0, 0.05) is 33.5 Å². The van der Waals surface area contributed by atoms with Gasteiger partial charge < -0.3 is 4.57 Å². The van der Waals surface area contributed by atoms with Crippen LogP contribution in [0.1, 0.15) is 0 Å². The van der Waals surface area contributed by atoms with Gasteiger partial charge in [-0.25, -0.2) is 9.50 Å². The van der Waals surface area contributed by atoms with Gasteiger partial charge in [-0.15, -0.1) is 5.10 Å². The Morgan fingerprint density at radius 3 is 1.89 bits per heavy atom. The molecule has 0 saturated heterocycles. The number of pyridine rings is 1. The summed E-state index contributed by atoms with van der Waals surface area (Å²) < 4.78 is 16.4. The van der Waals surface area contributed by atoms with Crippen LogP contribution in [0.3, 0.4) is 0 Å². The molecule has 1 aliphatic heterocycles. The number of fused-ring (bicyclic) bond motifs is 7. The van der Waals surface area contributed by atoms with E-state index >= 15 is 0 Å². The van der Waals surface area contributed by atoms with E-state index in [-0.39, 0.29) is 0 Å². The normalized spacial score (nSPS) is 14.7. The van der Waals surface area contributed by atoms with Gasteiger partial charge in [0.25, 0.3) is 0 Å². The molecule has 0 amide bonds. The van der Waals surface area contributed by atoms with Crippen LogP contribution in [-0.2, 0) is 4.57 Å². The van der Waals surface area contributed by atoms with Crippen LogP contribution in [0.4, 0.5) is 0 Å². The lowest BCUT2D eigenvalue weighted by atomic mass is 9.90. The zero-order valence-corrected chi connectivity index (χ0v) is 31.5. The van der Waals surface area contributed by atoms with Gasteiger partial charge in [0.2, 0.25) is 0 Å². The molecule has 0 spiro atoms. The van der Waals surface area contributed by atoms with Crippen molar-refractivity contribution in [3.63, 3.8) is 0 Å². The van der Waals surface area contributed by atoms with E-state index in [0.29, 0.717) is 5.82 Å². The molecule has 0 fully saturated rings. The monoisotopic (exact) mass is 735 g/mol. The fraction of sp³-hybridized carbons (Fsp3) is 0.0196. The minimum atomic E-state index is -2.78. The van der Waals surface area contributed by atoms with Crippen molar-refractivity contribution in [2.45, 2.75) is 0 Å². The van der Waals surface area contributed by atoms with E-state index in [0.717, 1.165) is 77.5 Å². The quantitative estimate of drug-likeness (QED) is 0.131. The number of hydrogen-bond donors (Lipinski definition) is 0. The highest BCUT2D eigenvalue weighted by Crippen LogP contribution is 2.51. The molecule has 0 bridgehead atoms. The van der Waals surface area contributed by atoms with E-state index in [4.69, 9.17) is 10.1 Å². The molecule has 3 heterocycles. The molecular formula is C51H34N3OP. The summed E-state index contributed by atoms with van der Waals surface area (Å²) in [5.74, 6) is 0.635. The van der Waals surface area contributed by atoms with E-state index < -0.39 is 7.14 Å². The summed E-state index contributed by atoms with van der Waals surface area (Å²) in [5.41, 5.74) is 12.3. The van der Waals surface area contributed by atoms with Crippen molar-refractivity contribution in [1.29, 1.82) is 0 Å². The van der Waals surface area contributed by atoms with Crippen LogP contribution >= 0.6 is 7.14 Å². The molecule has 10 aromatic rings. The Morgan fingerprint density at radius 1 is 0.429 bits per heavy atom. The highest BCUT2D eigenvalue weighted by Gasteiger charge is 2.34. The van der Waals surface area contributed by atoms with Gasteiger partial charge >= 0.3 is 0 Å². The van der Waals surface area contributed by atoms with Gasteiger partial charge in [0.1, 0.15) is 7.14 Å². The Bertz CT molecular complexity index is 3240. The van der Waals surface area contributed by atoms with Gasteiger partial charge in [-0.3, -0.25) is 0 Å². The third-order valence-electron chi connectivity index (χ3n) is 11.3. The minimum absolute atomic E-state index is 0.635. The van der Waals surface area contributed by atoms with Gasteiger partial charge in [0.05, 0.1) is 0 Å². The average molecular weight is 736 g/mol. The van der Waals surface area contributed by atoms with Crippen LogP contribution in [-0.4, -0.2) is 21.3 Å². The lowest BCUT2D eigenvalue weighted by Gasteiger charge is -2.15. The fourth-order valence-electron chi connectivity index (χ4n) is 8.59. The summed E-state index contributed by atoms with van der Waals surface area (Å²) >= 11 is 0. The van der Waals surface area contributed by atoms with Crippen LogP contribution in [0.2, 0.25) is 0 Å². The van der Waals surface area contributed by atoms with E-state index in [9.17, 15) is 4.57 Å². The second kappa shape index (κ2) is 12.6. The number of rotatable bonds is 5. The van der Waals surface area contributed by atoms with Crippen molar-refractivity contribution in [1.82, 2.24) is 14.6 Å². The second-order valence-corrected chi connectivity index (χ2v) is 17.6. The standard InChI is InChI=1S/C51H34N3OP/c1-56(55)48-23-13-12-22-44(48)45-25-24-35(31-49(45)56)37-26-38(46-29-36-18-8-9-19-41(36)42-20-10-11-21-43(42)46)28-39(27-37)50-52-51-47(34-16-6-3-7-17-34)30-40(32-54(51)53-50)33-14-4-2-5-15-33/h2-32H,1H3. The molecule has 2 aromatic heterocycles. The van der Waals surface area contributed by atoms with Crippen LogP contribution in [0.5, 0.6) is 0 Å². The van der Waals surface area contributed by atoms with Gasteiger partial charge in [-0.2, -0.15) is 0 Å². The first kappa shape index (κ1) is 32.6. The number of benzene rings is 8. The third kappa shape index (κ3) is 5.18. The molecule has 264 valence electrons. The van der Waals surface area contributed by atoms with Crippen LogP contribution in [0.25, 0.3) is 94.2 Å². The largest absolute Gasteiger partial charge is 0.314 e. The molecule has 56 heavy (non-hydrogen) atoms. The Kier molecular flexibility index (Phi) is 7.32. The molecule has 8 aromatic carbocycles. The molecule has 1 aliphatic rings. The highest BCUT2D eigenvalue weighted by atomic mass is 31.2. The molecule has 0 radical (unpaired) electrons. The summed E-state index contributed by atoms with van der Waals surface area (Å²) in [4.78, 5) is 5.29. The average Bonchev–Trinajstić information content (AvgIpc) is 3.80. The maximum atomic E-state index is 14.4. The molecule has 0 aliphatic carbocycles. The van der Waals surface area contributed by atoms with Gasteiger partial charge in [-0.1, -0.05) is 146 Å². The highest BCUT2D eigenvalue weighted by molar-refractivity contribution is 7.79. The molecule has 0 saturated carbocycles. The molecule has 1 unspecified atom stereocenters. The van der Waals surface area contributed by atoms with E-state index in [1.54, 1.807) is 0 Å². The molecule has 5 heteroatoms. The van der Waals surface area contributed by atoms with Crippen molar-refractivity contribution in [3.8, 4) is 67.0 Å². The zero-order chi connectivity index (χ0) is 37.4. The number of hydrogen-bond acceptors (Lipinski definition) is 3. The van der Waals surface area contributed by atoms with Crippen molar-refractivity contribution in [3.05, 3.63) is 188 Å². The van der Waals surface area contributed by atoms with E-state index in [2.05, 4.69) is 158 Å². The summed E-state index contributed by atoms with van der Waals surface area (Å²) in [6.45, 7) is 1.90. The van der Waals surface area contributed by atoms with Crippen molar-refractivity contribution in [2.24, 2.45) is 0 Å². The lowest BCUT2D eigenvalue weighted by Crippen LogP contribution is -2.08. The van der Waals surface area contributed by atoms with Crippen LogP contribution in [0.15, 0.2) is 188 Å². The molecule has 11 rings (SSSR count). The summed E-state index contributed by atoms with van der Waals surface area (Å²) in [5, 5.41) is 11.8. The number of aromatic nitrogens is 3. The van der Waals surface area contributed by atoms with Gasteiger partial charge in [-0.05, 0) is 109 Å². The summed E-state index contributed by atoms with van der Waals surface area (Å²) in [6, 6.07) is 63.8. The summed E-state index contributed by atoms with van der Waals surface area (Å²) in [7, 11) is -2.78. The van der Waals surface area contributed by atoms with E-state index in [1.165, 1.54) is 21.5 Å². The predicted octanol–water partition coefficient (Wildman–Crippen LogP) is 12.3. The maximum absolute atomic E-state index is 14.4. The van der Waals surface area contributed by atoms with Crippen LogP contribution in [0, 0.1) is 0 Å². The van der Waals surface area contributed by atoms with Gasteiger partial charge in [0.15, 0.2) is 11.5 Å². The summed E-state index contributed by atoms with van der Waals surface area (Å²) in [6.07, 6.45) is 2.08. The maximum Gasteiger partial charge on any atom is 0.182 e. The first-order valence-corrected chi connectivity index (χ1v) is 21.1. The first-order valence-electron chi connectivity index (χ1n) is 18.9. The Balaban J connectivity index is 1.16. The van der Waals surface area contributed by atoms with Crippen molar-refractivity contribution < 1.29 is 4.57 Å². The molecular weight excluding hydrogens is 702 g/mol. The molecule has 1 atom stereocenters. The Hall–Kier alpha value is -6.87. The Labute approximate surface area is 324 Å². The van der Waals surface area contributed by atoms with Crippen molar-refractivity contribution >= 4 is 44.9 Å². The SMILES string of the molecule is CP1(=O)c2ccccc2-c2ccc(-c3cc(-c4nc5c(-c6ccccc6)cc(-c6ccccc6)cn5n4)cc(-c4cc5ccccc5c5ccccc45)c3)cc21. The zero-order valence-electron chi connectivity index (χ0n) is 30.6. The second-order valence-electron chi connectivity index (χ2n) is 14.7.